The number of aliphatic carboxylic acids is 1. The Morgan fingerprint density at radius 3 is 2.59 bits per heavy atom. The fourth-order valence-corrected chi connectivity index (χ4v) is 1.24. The minimum Gasteiger partial charge on any atom is -0.478 e. The van der Waals surface area contributed by atoms with Crippen LogP contribution in [0.2, 0.25) is 0 Å². The molecule has 0 unspecified atom stereocenters. The van der Waals surface area contributed by atoms with Crippen LogP contribution in [0.25, 0.3) is 0 Å². The largest absolute Gasteiger partial charge is 0.478 e. The Balaban J connectivity index is 3.09. The van der Waals surface area contributed by atoms with E-state index in [4.69, 9.17) is 5.11 Å². The molecule has 0 heterocycles. The highest BCUT2D eigenvalue weighted by atomic mass is 16.6. The zero-order valence-corrected chi connectivity index (χ0v) is 8.91. The van der Waals surface area contributed by atoms with E-state index in [0.717, 1.165) is 12.1 Å². The van der Waals surface area contributed by atoms with E-state index in [2.05, 4.69) is 0 Å². The van der Waals surface area contributed by atoms with Crippen molar-refractivity contribution in [2.75, 3.05) is 0 Å². The molecule has 0 aliphatic carbocycles. The molecule has 1 N–H and O–H groups in total. The number of ketones is 1. The second-order valence-corrected chi connectivity index (χ2v) is 3.30. The van der Waals surface area contributed by atoms with E-state index in [1.165, 1.54) is 25.1 Å². The van der Waals surface area contributed by atoms with E-state index >= 15 is 0 Å². The van der Waals surface area contributed by atoms with Gasteiger partial charge in [0, 0.05) is 29.3 Å². The molecule has 0 saturated heterocycles. The molecule has 0 aromatic heterocycles. The van der Waals surface area contributed by atoms with E-state index in [-0.39, 0.29) is 16.8 Å². The normalized spacial score (nSPS) is 11.0. The lowest BCUT2D eigenvalue weighted by molar-refractivity contribution is -0.384. The maximum absolute atomic E-state index is 11.7. The van der Waals surface area contributed by atoms with Crippen LogP contribution in [-0.2, 0) is 4.79 Å². The molecule has 0 fully saturated rings. The van der Waals surface area contributed by atoms with Crippen LogP contribution < -0.4 is 0 Å². The summed E-state index contributed by atoms with van der Waals surface area (Å²) < 4.78 is 0. The average molecular weight is 235 g/mol. The number of benzene rings is 1. The SMILES string of the molecule is C/C(=C\C(=O)O)C(=O)c1cccc([N+](=O)[O-])c1. The van der Waals surface area contributed by atoms with Crippen molar-refractivity contribution < 1.29 is 19.6 Å². The summed E-state index contributed by atoms with van der Waals surface area (Å²) in [6.07, 6.45) is 0.765. The number of allylic oxidation sites excluding steroid dienone is 1. The molecule has 6 heteroatoms. The lowest BCUT2D eigenvalue weighted by atomic mass is 10.0. The van der Waals surface area contributed by atoms with Gasteiger partial charge in [-0.1, -0.05) is 12.1 Å². The molecule has 0 atom stereocenters. The quantitative estimate of drug-likeness (QED) is 0.371. The van der Waals surface area contributed by atoms with Crippen molar-refractivity contribution in [3.05, 3.63) is 51.6 Å². The van der Waals surface area contributed by atoms with Crippen molar-refractivity contribution in [3.8, 4) is 0 Å². The van der Waals surface area contributed by atoms with Crippen molar-refractivity contribution in [1.82, 2.24) is 0 Å². The second-order valence-electron chi connectivity index (χ2n) is 3.30. The number of carbonyl (C=O) groups is 2. The van der Waals surface area contributed by atoms with Crippen molar-refractivity contribution >= 4 is 17.4 Å². The highest BCUT2D eigenvalue weighted by molar-refractivity contribution is 6.10. The Morgan fingerprint density at radius 2 is 2.06 bits per heavy atom. The summed E-state index contributed by atoms with van der Waals surface area (Å²) in [5.41, 5.74) is -0.105. The van der Waals surface area contributed by atoms with E-state index in [0.29, 0.717) is 0 Å². The standard InChI is InChI=1S/C11H9NO5/c1-7(5-10(13)14)11(15)8-3-2-4-9(6-8)12(16)17/h2-6H,1H3,(H,13,14)/b7-5+. The average Bonchev–Trinajstić information content (AvgIpc) is 2.27. The molecule has 88 valence electrons. The Labute approximate surface area is 96.3 Å². The molecule has 0 radical (unpaired) electrons. The van der Waals surface area contributed by atoms with Crippen LogP contribution in [0, 0.1) is 10.1 Å². The molecule has 0 saturated carbocycles. The predicted molar refractivity (Wildman–Crippen MR) is 58.8 cm³/mol. The van der Waals surface area contributed by atoms with Gasteiger partial charge in [-0.3, -0.25) is 14.9 Å². The first-order valence-corrected chi connectivity index (χ1v) is 4.62. The molecule has 0 aliphatic heterocycles. The smallest absolute Gasteiger partial charge is 0.328 e. The number of Topliss-reactive ketones (excluding diaryl/α,β-unsaturated/α-hetero) is 1. The van der Waals surface area contributed by atoms with Crippen LogP contribution in [0.3, 0.4) is 0 Å². The Morgan fingerprint density at radius 1 is 1.41 bits per heavy atom. The van der Waals surface area contributed by atoms with Gasteiger partial charge in [0.1, 0.15) is 0 Å². The number of nitro groups is 1. The molecule has 17 heavy (non-hydrogen) atoms. The van der Waals surface area contributed by atoms with E-state index in [9.17, 15) is 19.7 Å². The van der Waals surface area contributed by atoms with Crippen LogP contribution in [0.15, 0.2) is 35.9 Å². The summed E-state index contributed by atoms with van der Waals surface area (Å²) >= 11 is 0. The van der Waals surface area contributed by atoms with Gasteiger partial charge in [-0.2, -0.15) is 0 Å². The summed E-state index contributed by atoms with van der Waals surface area (Å²) in [5, 5.41) is 19.0. The fraction of sp³-hybridized carbons (Fsp3) is 0.0909. The minimum atomic E-state index is -1.23. The maximum Gasteiger partial charge on any atom is 0.328 e. The number of hydrogen-bond acceptors (Lipinski definition) is 4. The number of nitro benzene ring substituents is 1. The molecule has 1 rings (SSSR count). The van der Waals surface area contributed by atoms with Crippen LogP contribution >= 0.6 is 0 Å². The first-order chi connectivity index (χ1) is 7.91. The molecular weight excluding hydrogens is 226 g/mol. The van der Waals surface area contributed by atoms with Gasteiger partial charge in [-0.15, -0.1) is 0 Å². The number of rotatable bonds is 4. The molecular formula is C11H9NO5. The third kappa shape index (κ3) is 3.23. The first-order valence-electron chi connectivity index (χ1n) is 4.62. The second kappa shape index (κ2) is 5.02. The van der Waals surface area contributed by atoms with Gasteiger partial charge in [0.05, 0.1) is 4.92 Å². The zero-order chi connectivity index (χ0) is 13.0. The van der Waals surface area contributed by atoms with Crippen LogP contribution in [0.5, 0.6) is 0 Å². The third-order valence-electron chi connectivity index (χ3n) is 2.02. The number of hydrogen-bond donors (Lipinski definition) is 1. The summed E-state index contributed by atoms with van der Waals surface area (Å²) in [6, 6.07) is 5.14. The Kier molecular flexibility index (Phi) is 3.71. The van der Waals surface area contributed by atoms with Gasteiger partial charge >= 0.3 is 5.97 Å². The molecule has 0 spiro atoms. The van der Waals surface area contributed by atoms with Crippen molar-refractivity contribution in [1.29, 1.82) is 0 Å². The topological polar surface area (TPSA) is 97.5 Å². The lowest BCUT2D eigenvalue weighted by Crippen LogP contribution is -2.04. The van der Waals surface area contributed by atoms with Gasteiger partial charge in [-0.25, -0.2) is 4.79 Å². The highest BCUT2D eigenvalue weighted by Gasteiger charge is 2.13. The van der Waals surface area contributed by atoms with Gasteiger partial charge in [0.25, 0.3) is 5.69 Å². The van der Waals surface area contributed by atoms with Crippen LogP contribution in [0.4, 0.5) is 5.69 Å². The number of carbonyl (C=O) groups excluding carboxylic acids is 1. The molecule has 1 aromatic carbocycles. The zero-order valence-electron chi connectivity index (χ0n) is 8.91. The Bertz CT molecular complexity index is 518. The van der Waals surface area contributed by atoms with E-state index in [1.807, 2.05) is 0 Å². The van der Waals surface area contributed by atoms with Crippen LogP contribution in [0.1, 0.15) is 17.3 Å². The van der Waals surface area contributed by atoms with E-state index in [1.54, 1.807) is 0 Å². The van der Waals surface area contributed by atoms with Gasteiger partial charge in [-0.05, 0) is 6.92 Å². The Hall–Kier alpha value is -2.50. The minimum absolute atomic E-state index is 0.0120. The van der Waals surface area contributed by atoms with Crippen molar-refractivity contribution in [2.24, 2.45) is 0 Å². The van der Waals surface area contributed by atoms with Crippen molar-refractivity contribution in [3.63, 3.8) is 0 Å². The van der Waals surface area contributed by atoms with Gasteiger partial charge in [0.2, 0.25) is 0 Å². The fourth-order valence-electron chi connectivity index (χ4n) is 1.24. The number of non-ortho nitro benzene ring substituents is 1. The predicted octanol–water partition coefficient (Wildman–Crippen LogP) is 1.81. The first kappa shape index (κ1) is 12.6. The summed E-state index contributed by atoms with van der Waals surface area (Å²) in [5.74, 6) is -1.78. The molecule has 0 aliphatic rings. The lowest BCUT2D eigenvalue weighted by Gasteiger charge is -2.00. The molecule has 1 aromatic rings. The number of carboxylic acids is 1. The monoisotopic (exact) mass is 235 g/mol. The number of nitrogens with zero attached hydrogens (tertiary/aromatic N) is 1. The third-order valence-corrected chi connectivity index (χ3v) is 2.02. The van der Waals surface area contributed by atoms with Gasteiger partial charge in [0.15, 0.2) is 5.78 Å². The maximum atomic E-state index is 11.7. The molecule has 0 bridgehead atoms. The number of carboxylic acid groups (broad SMARTS) is 1. The summed E-state index contributed by atoms with van der Waals surface area (Å²) in [6.45, 7) is 1.34. The van der Waals surface area contributed by atoms with Crippen molar-refractivity contribution in [2.45, 2.75) is 6.92 Å². The van der Waals surface area contributed by atoms with E-state index < -0.39 is 16.7 Å². The summed E-state index contributed by atoms with van der Waals surface area (Å²) in [4.78, 5) is 32.0. The van der Waals surface area contributed by atoms with Crippen LogP contribution in [-0.4, -0.2) is 21.8 Å². The molecule has 6 nitrogen and oxygen atoms in total. The highest BCUT2D eigenvalue weighted by Crippen LogP contribution is 2.15. The van der Waals surface area contributed by atoms with Gasteiger partial charge < -0.3 is 5.11 Å². The summed E-state index contributed by atoms with van der Waals surface area (Å²) in [7, 11) is 0. The molecule has 0 amide bonds.